The fraction of sp³-hybridized carbons (Fsp3) is 0.227. The van der Waals surface area contributed by atoms with Crippen molar-refractivity contribution in [2.75, 3.05) is 18.1 Å². The van der Waals surface area contributed by atoms with E-state index in [0.717, 1.165) is 10.5 Å². The molecule has 0 bridgehead atoms. The monoisotopic (exact) mass is 394 g/mol. The van der Waals surface area contributed by atoms with Crippen LogP contribution in [0.15, 0.2) is 48.0 Å². The molecule has 0 unspecified atom stereocenters. The van der Waals surface area contributed by atoms with Crippen LogP contribution in [0.4, 0.5) is 10.5 Å². The van der Waals surface area contributed by atoms with E-state index >= 15 is 0 Å². The molecule has 0 spiro atoms. The predicted octanol–water partition coefficient (Wildman–Crippen LogP) is 3.46. The molecule has 7 nitrogen and oxygen atoms in total. The van der Waals surface area contributed by atoms with Crippen molar-refractivity contribution in [2.24, 2.45) is 0 Å². The number of amides is 4. The molecule has 1 saturated heterocycles. The molecule has 0 saturated carbocycles. The van der Waals surface area contributed by atoms with E-state index in [2.05, 4.69) is 5.32 Å². The standard InChI is InChI=1S/C22H22N2O5/c1-4-28-18-11-10-15(13-19(18)29-5-2)12-16-20(25)23-22(27)24(21(16)26)17-9-7-6-8-14(17)3/h6-13H,4-5H2,1-3H3,(H,23,25,27)/b16-12+. The Morgan fingerprint density at radius 3 is 2.34 bits per heavy atom. The third-order valence-corrected chi connectivity index (χ3v) is 4.34. The van der Waals surface area contributed by atoms with Gasteiger partial charge in [-0.1, -0.05) is 24.3 Å². The van der Waals surface area contributed by atoms with Crippen LogP contribution in [-0.2, 0) is 9.59 Å². The molecule has 1 fully saturated rings. The van der Waals surface area contributed by atoms with Gasteiger partial charge in [-0.15, -0.1) is 0 Å². The second-order valence-corrected chi connectivity index (χ2v) is 6.32. The number of anilines is 1. The predicted molar refractivity (Wildman–Crippen MR) is 109 cm³/mol. The minimum atomic E-state index is -0.770. The molecule has 1 aliphatic rings. The lowest BCUT2D eigenvalue weighted by Gasteiger charge is -2.27. The number of benzene rings is 2. The zero-order valence-electron chi connectivity index (χ0n) is 16.5. The quantitative estimate of drug-likeness (QED) is 0.599. The van der Waals surface area contributed by atoms with Crippen LogP contribution in [0, 0.1) is 6.92 Å². The maximum Gasteiger partial charge on any atom is 0.335 e. The molecular formula is C22H22N2O5. The number of hydrogen-bond acceptors (Lipinski definition) is 5. The van der Waals surface area contributed by atoms with Crippen LogP contribution in [0.25, 0.3) is 6.08 Å². The van der Waals surface area contributed by atoms with E-state index in [1.807, 2.05) is 19.9 Å². The molecule has 2 aromatic carbocycles. The number of ether oxygens (including phenoxy) is 2. The average Bonchev–Trinajstić information content (AvgIpc) is 2.68. The number of para-hydroxylation sites is 1. The molecule has 0 radical (unpaired) electrons. The van der Waals surface area contributed by atoms with Crippen LogP contribution in [0.5, 0.6) is 11.5 Å². The molecule has 4 amide bonds. The fourth-order valence-corrected chi connectivity index (χ4v) is 3.01. The summed E-state index contributed by atoms with van der Waals surface area (Å²) in [5.41, 5.74) is 1.61. The number of urea groups is 1. The van der Waals surface area contributed by atoms with Gasteiger partial charge in [0, 0.05) is 0 Å². The number of aryl methyl sites for hydroxylation is 1. The van der Waals surface area contributed by atoms with Crippen molar-refractivity contribution in [3.05, 3.63) is 59.2 Å². The summed E-state index contributed by atoms with van der Waals surface area (Å²) in [6.45, 7) is 6.43. The maximum atomic E-state index is 13.0. The van der Waals surface area contributed by atoms with Gasteiger partial charge in [0.1, 0.15) is 5.57 Å². The Morgan fingerprint density at radius 2 is 1.66 bits per heavy atom. The van der Waals surface area contributed by atoms with Crippen LogP contribution in [0.3, 0.4) is 0 Å². The van der Waals surface area contributed by atoms with E-state index in [0.29, 0.717) is 36.0 Å². The zero-order valence-corrected chi connectivity index (χ0v) is 16.5. The van der Waals surface area contributed by atoms with E-state index in [4.69, 9.17) is 9.47 Å². The minimum absolute atomic E-state index is 0.139. The first kappa shape index (κ1) is 20.1. The molecule has 0 atom stereocenters. The number of rotatable bonds is 6. The largest absolute Gasteiger partial charge is 0.490 e. The topological polar surface area (TPSA) is 84.9 Å². The Labute approximate surface area is 168 Å². The number of nitrogens with zero attached hydrogens (tertiary/aromatic N) is 1. The normalized spacial score (nSPS) is 15.5. The highest BCUT2D eigenvalue weighted by atomic mass is 16.5. The van der Waals surface area contributed by atoms with Crippen LogP contribution < -0.4 is 19.7 Å². The molecule has 3 rings (SSSR count). The van der Waals surface area contributed by atoms with Crippen molar-refractivity contribution in [1.29, 1.82) is 0 Å². The third kappa shape index (κ3) is 4.13. The van der Waals surface area contributed by atoms with Gasteiger partial charge in [-0.3, -0.25) is 14.9 Å². The maximum absolute atomic E-state index is 13.0. The third-order valence-electron chi connectivity index (χ3n) is 4.34. The Hall–Kier alpha value is -3.61. The second-order valence-electron chi connectivity index (χ2n) is 6.32. The first-order valence-corrected chi connectivity index (χ1v) is 9.33. The lowest BCUT2D eigenvalue weighted by atomic mass is 10.1. The van der Waals surface area contributed by atoms with Gasteiger partial charge in [-0.2, -0.15) is 0 Å². The van der Waals surface area contributed by atoms with Gasteiger partial charge in [-0.05, 0) is 56.2 Å². The van der Waals surface area contributed by atoms with Crippen LogP contribution in [-0.4, -0.2) is 31.1 Å². The van der Waals surface area contributed by atoms with Crippen LogP contribution in [0.2, 0.25) is 0 Å². The number of carbonyl (C=O) groups is 3. The number of carbonyl (C=O) groups excluding carboxylic acids is 3. The van der Waals surface area contributed by atoms with Crippen LogP contribution in [0.1, 0.15) is 25.0 Å². The highest BCUT2D eigenvalue weighted by molar-refractivity contribution is 6.39. The van der Waals surface area contributed by atoms with E-state index in [-0.39, 0.29) is 5.57 Å². The molecule has 29 heavy (non-hydrogen) atoms. The summed E-state index contributed by atoms with van der Waals surface area (Å²) in [6.07, 6.45) is 1.44. The van der Waals surface area contributed by atoms with E-state index < -0.39 is 17.8 Å². The molecule has 2 aromatic rings. The Bertz CT molecular complexity index is 996. The molecule has 1 N–H and O–H groups in total. The van der Waals surface area contributed by atoms with Gasteiger partial charge in [0.15, 0.2) is 11.5 Å². The summed E-state index contributed by atoms with van der Waals surface area (Å²) in [6, 6.07) is 11.3. The summed E-state index contributed by atoms with van der Waals surface area (Å²) in [5.74, 6) is -0.330. The van der Waals surface area contributed by atoms with E-state index in [1.54, 1.807) is 43.3 Å². The second kappa shape index (κ2) is 8.60. The van der Waals surface area contributed by atoms with Gasteiger partial charge in [-0.25, -0.2) is 9.69 Å². The molecule has 1 heterocycles. The minimum Gasteiger partial charge on any atom is -0.490 e. The Balaban J connectivity index is 2.00. The number of imide groups is 2. The first-order chi connectivity index (χ1) is 14.0. The van der Waals surface area contributed by atoms with Gasteiger partial charge in [0.05, 0.1) is 18.9 Å². The number of barbiturate groups is 1. The highest BCUT2D eigenvalue weighted by Gasteiger charge is 2.37. The van der Waals surface area contributed by atoms with Crippen molar-refractivity contribution in [1.82, 2.24) is 5.32 Å². The molecule has 0 aliphatic carbocycles. The van der Waals surface area contributed by atoms with Crippen molar-refractivity contribution in [3.8, 4) is 11.5 Å². The molecule has 7 heteroatoms. The first-order valence-electron chi connectivity index (χ1n) is 9.33. The fourth-order valence-electron chi connectivity index (χ4n) is 3.01. The summed E-state index contributed by atoms with van der Waals surface area (Å²) >= 11 is 0. The summed E-state index contributed by atoms with van der Waals surface area (Å²) in [4.78, 5) is 38.7. The van der Waals surface area contributed by atoms with Crippen molar-refractivity contribution in [2.45, 2.75) is 20.8 Å². The smallest absolute Gasteiger partial charge is 0.335 e. The molecule has 150 valence electrons. The SMILES string of the molecule is CCOc1ccc(/C=C2\C(=O)NC(=O)N(c3ccccc3C)C2=O)cc1OCC. The van der Waals surface area contributed by atoms with Gasteiger partial charge in [0.2, 0.25) is 0 Å². The van der Waals surface area contributed by atoms with Gasteiger partial charge < -0.3 is 9.47 Å². The lowest BCUT2D eigenvalue weighted by Crippen LogP contribution is -2.54. The lowest BCUT2D eigenvalue weighted by molar-refractivity contribution is -0.122. The number of nitrogens with one attached hydrogen (secondary N) is 1. The highest BCUT2D eigenvalue weighted by Crippen LogP contribution is 2.30. The molecular weight excluding hydrogens is 372 g/mol. The van der Waals surface area contributed by atoms with E-state index in [9.17, 15) is 14.4 Å². The Morgan fingerprint density at radius 1 is 0.966 bits per heavy atom. The van der Waals surface area contributed by atoms with E-state index in [1.165, 1.54) is 6.08 Å². The summed E-state index contributed by atoms with van der Waals surface area (Å²) < 4.78 is 11.1. The van der Waals surface area contributed by atoms with Crippen molar-refractivity contribution in [3.63, 3.8) is 0 Å². The average molecular weight is 394 g/mol. The van der Waals surface area contributed by atoms with Crippen molar-refractivity contribution >= 4 is 29.6 Å². The van der Waals surface area contributed by atoms with Gasteiger partial charge in [0.25, 0.3) is 11.8 Å². The zero-order chi connectivity index (χ0) is 21.0. The summed E-state index contributed by atoms with van der Waals surface area (Å²) in [7, 11) is 0. The molecule has 0 aromatic heterocycles. The molecule has 1 aliphatic heterocycles. The Kier molecular flexibility index (Phi) is 5.97. The summed E-state index contributed by atoms with van der Waals surface area (Å²) in [5, 5.41) is 2.23. The number of hydrogen-bond donors (Lipinski definition) is 1. The van der Waals surface area contributed by atoms with Gasteiger partial charge >= 0.3 is 6.03 Å². The van der Waals surface area contributed by atoms with Crippen molar-refractivity contribution < 1.29 is 23.9 Å². The van der Waals surface area contributed by atoms with Crippen LogP contribution >= 0.6 is 0 Å².